The number of halogens is 1. The Balaban J connectivity index is 1.80. The van der Waals surface area contributed by atoms with Gasteiger partial charge >= 0.3 is 0 Å². The van der Waals surface area contributed by atoms with Crippen LogP contribution in [0.15, 0.2) is 18.2 Å². The predicted octanol–water partition coefficient (Wildman–Crippen LogP) is 4.11. The summed E-state index contributed by atoms with van der Waals surface area (Å²) in [6.07, 6.45) is 7.64. The minimum absolute atomic E-state index is 0.0982. The molecule has 1 saturated carbocycles. The Hall–Kier alpha value is -0.290. The van der Waals surface area contributed by atoms with E-state index in [0.717, 1.165) is 12.2 Å². The standard InChI is InChI=1S/C17H24INO/c1-19(2)10-8-14-5-3-4-9-17(14)12-13-11-15(18)6-7-16(13)20-17/h6-7,11,14H,3-5,8-10,12H2,1-2H3. The molecule has 1 fully saturated rings. The van der Waals surface area contributed by atoms with Gasteiger partial charge in [-0.05, 0) is 92.7 Å². The number of nitrogens with zero attached hydrogens (tertiary/aromatic N) is 1. The van der Waals surface area contributed by atoms with Crippen molar-refractivity contribution in [3.8, 4) is 5.75 Å². The lowest BCUT2D eigenvalue weighted by Crippen LogP contribution is -2.46. The SMILES string of the molecule is CN(C)CCC1CCCCC12Cc1cc(I)ccc1O2. The van der Waals surface area contributed by atoms with Crippen LogP contribution >= 0.6 is 22.6 Å². The van der Waals surface area contributed by atoms with E-state index in [-0.39, 0.29) is 5.60 Å². The average Bonchev–Trinajstić information content (AvgIpc) is 2.75. The maximum atomic E-state index is 6.51. The molecule has 2 atom stereocenters. The van der Waals surface area contributed by atoms with E-state index in [2.05, 4.69) is 59.8 Å². The summed E-state index contributed by atoms with van der Waals surface area (Å²) in [5.74, 6) is 1.85. The van der Waals surface area contributed by atoms with Crippen LogP contribution < -0.4 is 4.74 Å². The molecule has 0 bridgehead atoms. The molecule has 0 saturated heterocycles. The zero-order chi connectivity index (χ0) is 14.2. The second kappa shape index (κ2) is 5.84. The number of rotatable bonds is 3. The molecule has 3 rings (SSSR count). The van der Waals surface area contributed by atoms with E-state index in [4.69, 9.17) is 4.74 Å². The molecular weight excluding hydrogens is 361 g/mol. The van der Waals surface area contributed by atoms with Gasteiger partial charge in [-0.1, -0.05) is 6.42 Å². The monoisotopic (exact) mass is 385 g/mol. The van der Waals surface area contributed by atoms with Crippen molar-refractivity contribution in [3.05, 3.63) is 27.3 Å². The first kappa shape index (κ1) is 14.6. The van der Waals surface area contributed by atoms with Gasteiger partial charge in [-0.15, -0.1) is 0 Å². The summed E-state index contributed by atoms with van der Waals surface area (Å²) in [5, 5.41) is 0. The molecule has 110 valence electrons. The molecule has 0 aromatic heterocycles. The van der Waals surface area contributed by atoms with E-state index < -0.39 is 0 Å². The summed E-state index contributed by atoms with van der Waals surface area (Å²) in [6, 6.07) is 6.64. The first-order chi connectivity index (χ1) is 9.59. The Labute approximate surface area is 136 Å². The van der Waals surface area contributed by atoms with Crippen LogP contribution in [-0.2, 0) is 6.42 Å². The molecular formula is C17H24INO. The molecule has 1 aromatic rings. The zero-order valence-electron chi connectivity index (χ0n) is 12.5. The molecule has 3 heteroatoms. The van der Waals surface area contributed by atoms with Gasteiger partial charge in [-0.25, -0.2) is 0 Å². The number of benzene rings is 1. The summed E-state index contributed by atoms with van der Waals surface area (Å²) >= 11 is 2.40. The first-order valence-electron chi connectivity index (χ1n) is 7.71. The fourth-order valence-corrected chi connectivity index (χ4v) is 4.39. The fraction of sp³-hybridized carbons (Fsp3) is 0.647. The molecule has 2 unspecified atom stereocenters. The van der Waals surface area contributed by atoms with Gasteiger partial charge in [0.25, 0.3) is 0 Å². The Kier molecular flexibility index (Phi) is 4.27. The van der Waals surface area contributed by atoms with Crippen LogP contribution in [0.1, 0.15) is 37.7 Å². The van der Waals surface area contributed by atoms with Gasteiger partial charge in [0.2, 0.25) is 0 Å². The van der Waals surface area contributed by atoms with Gasteiger partial charge in [0.1, 0.15) is 11.4 Å². The largest absolute Gasteiger partial charge is 0.486 e. The second-order valence-electron chi connectivity index (χ2n) is 6.63. The van der Waals surface area contributed by atoms with Crippen molar-refractivity contribution in [1.29, 1.82) is 0 Å². The van der Waals surface area contributed by atoms with Crippen molar-refractivity contribution in [3.63, 3.8) is 0 Å². The second-order valence-corrected chi connectivity index (χ2v) is 7.88. The average molecular weight is 385 g/mol. The van der Waals surface area contributed by atoms with Crippen molar-refractivity contribution in [2.24, 2.45) is 5.92 Å². The Bertz CT molecular complexity index is 488. The van der Waals surface area contributed by atoms with Crippen LogP contribution in [0.4, 0.5) is 0 Å². The lowest BCUT2D eigenvalue weighted by molar-refractivity contribution is -0.0111. The van der Waals surface area contributed by atoms with Crippen LogP contribution in [-0.4, -0.2) is 31.1 Å². The van der Waals surface area contributed by atoms with E-state index in [0.29, 0.717) is 5.92 Å². The van der Waals surface area contributed by atoms with Crippen LogP contribution in [0.3, 0.4) is 0 Å². The number of ether oxygens (including phenoxy) is 1. The third-order valence-corrected chi connectivity index (χ3v) is 5.57. The van der Waals surface area contributed by atoms with Gasteiger partial charge in [-0.2, -0.15) is 0 Å². The molecule has 2 nitrogen and oxygen atoms in total. The minimum Gasteiger partial charge on any atom is -0.486 e. The molecule has 0 N–H and O–H groups in total. The highest BCUT2D eigenvalue weighted by molar-refractivity contribution is 14.1. The van der Waals surface area contributed by atoms with Crippen molar-refractivity contribution in [2.45, 2.75) is 44.1 Å². The maximum absolute atomic E-state index is 6.51. The lowest BCUT2D eigenvalue weighted by Gasteiger charge is -2.41. The highest BCUT2D eigenvalue weighted by Gasteiger charge is 2.46. The molecule has 1 aliphatic carbocycles. The normalized spacial score (nSPS) is 28.7. The maximum Gasteiger partial charge on any atom is 0.123 e. The molecule has 20 heavy (non-hydrogen) atoms. The molecule has 1 aromatic carbocycles. The van der Waals surface area contributed by atoms with Gasteiger partial charge in [0.05, 0.1) is 0 Å². The topological polar surface area (TPSA) is 12.5 Å². The Morgan fingerprint density at radius 2 is 2.20 bits per heavy atom. The molecule has 1 heterocycles. The van der Waals surface area contributed by atoms with Crippen molar-refractivity contribution in [2.75, 3.05) is 20.6 Å². The lowest BCUT2D eigenvalue weighted by atomic mass is 9.71. The molecule has 1 spiro atoms. The van der Waals surface area contributed by atoms with E-state index in [9.17, 15) is 0 Å². The summed E-state index contributed by atoms with van der Waals surface area (Å²) in [4.78, 5) is 2.30. The van der Waals surface area contributed by atoms with Crippen LogP contribution in [0.25, 0.3) is 0 Å². The Morgan fingerprint density at radius 1 is 1.35 bits per heavy atom. The van der Waals surface area contributed by atoms with Gasteiger partial charge in [-0.3, -0.25) is 0 Å². The molecule has 2 aliphatic rings. The van der Waals surface area contributed by atoms with Gasteiger partial charge in [0.15, 0.2) is 0 Å². The van der Waals surface area contributed by atoms with Crippen molar-refractivity contribution < 1.29 is 4.74 Å². The van der Waals surface area contributed by atoms with Crippen LogP contribution in [0.5, 0.6) is 5.75 Å². The van der Waals surface area contributed by atoms with Crippen LogP contribution in [0.2, 0.25) is 0 Å². The van der Waals surface area contributed by atoms with E-state index in [1.807, 2.05) is 0 Å². The van der Waals surface area contributed by atoms with E-state index in [1.165, 1.54) is 47.8 Å². The summed E-state index contributed by atoms with van der Waals surface area (Å²) in [7, 11) is 4.34. The fourth-order valence-electron chi connectivity index (χ4n) is 3.83. The Morgan fingerprint density at radius 3 is 3.00 bits per heavy atom. The third-order valence-electron chi connectivity index (χ3n) is 4.90. The smallest absolute Gasteiger partial charge is 0.123 e. The molecule has 0 radical (unpaired) electrons. The molecule has 1 aliphatic heterocycles. The van der Waals surface area contributed by atoms with E-state index >= 15 is 0 Å². The number of hydrogen-bond donors (Lipinski definition) is 0. The quantitative estimate of drug-likeness (QED) is 0.727. The van der Waals surface area contributed by atoms with Crippen molar-refractivity contribution in [1.82, 2.24) is 4.90 Å². The predicted molar refractivity (Wildman–Crippen MR) is 91.4 cm³/mol. The summed E-state index contributed by atoms with van der Waals surface area (Å²) < 4.78 is 7.84. The summed E-state index contributed by atoms with van der Waals surface area (Å²) in [6.45, 7) is 1.17. The van der Waals surface area contributed by atoms with Crippen LogP contribution in [0, 0.1) is 9.49 Å². The third kappa shape index (κ3) is 2.84. The van der Waals surface area contributed by atoms with Gasteiger partial charge < -0.3 is 9.64 Å². The summed E-state index contributed by atoms with van der Waals surface area (Å²) in [5.41, 5.74) is 1.52. The highest BCUT2D eigenvalue weighted by atomic mass is 127. The highest BCUT2D eigenvalue weighted by Crippen LogP contribution is 2.47. The first-order valence-corrected chi connectivity index (χ1v) is 8.79. The van der Waals surface area contributed by atoms with Gasteiger partial charge in [0, 0.05) is 15.9 Å². The number of hydrogen-bond acceptors (Lipinski definition) is 2. The van der Waals surface area contributed by atoms with Crippen molar-refractivity contribution >= 4 is 22.6 Å². The minimum atomic E-state index is 0.0982. The van der Waals surface area contributed by atoms with E-state index in [1.54, 1.807) is 0 Å². The molecule has 0 amide bonds. The zero-order valence-corrected chi connectivity index (χ0v) is 14.7. The number of fused-ring (bicyclic) bond motifs is 1.